The molecule has 0 saturated carbocycles. The van der Waals surface area contributed by atoms with Crippen molar-refractivity contribution in [3.8, 4) is 5.75 Å². The molecular formula is C22H30O8. The summed E-state index contributed by atoms with van der Waals surface area (Å²) >= 11 is 0. The van der Waals surface area contributed by atoms with Crippen LogP contribution < -0.4 is 4.74 Å². The van der Waals surface area contributed by atoms with E-state index in [0.29, 0.717) is 37.0 Å². The van der Waals surface area contributed by atoms with E-state index in [2.05, 4.69) is 0 Å². The largest absolute Gasteiger partial charge is 0.497 e. The van der Waals surface area contributed by atoms with E-state index in [-0.39, 0.29) is 25.5 Å². The van der Waals surface area contributed by atoms with Gasteiger partial charge in [0.15, 0.2) is 5.78 Å². The van der Waals surface area contributed by atoms with E-state index in [1.165, 1.54) is 20.3 Å². The van der Waals surface area contributed by atoms with E-state index in [4.69, 9.17) is 28.4 Å². The first kappa shape index (κ1) is 24.0. The molecular weight excluding hydrogens is 392 g/mol. The predicted octanol–water partition coefficient (Wildman–Crippen LogP) is 2.90. The third kappa shape index (κ3) is 7.53. The van der Waals surface area contributed by atoms with Gasteiger partial charge < -0.3 is 28.4 Å². The summed E-state index contributed by atoms with van der Waals surface area (Å²) in [5, 5.41) is 0. The highest BCUT2D eigenvalue weighted by atomic mass is 16.7. The summed E-state index contributed by atoms with van der Waals surface area (Å²) in [4.78, 5) is 25.1. The highest BCUT2D eigenvalue weighted by Crippen LogP contribution is 2.21. The molecule has 0 heterocycles. The van der Waals surface area contributed by atoms with Crippen LogP contribution in [0.2, 0.25) is 0 Å². The van der Waals surface area contributed by atoms with E-state index in [0.717, 1.165) is 0 Å². The summed E-state index contributed by atoms with van der Waals surface area (Å²) in [7, 11) is 4.56. The average molecular weight is 422 g/mol. The zero-order valence-electron chi connectivity index (χ0n) is 17.7. The number of ether oxygens (including phenoxy) is 6. The van der Waals surface area contributed by atoms with Gasteiger partial charge in [-0.3, -0.25) is 4.79 Å². The molecule has 2 rings (SSSR count). The summed E-state index contributed by atoms with van der Waals surface area (Å²) in [5.74, 6) is 0.0726. The molecule has 0 spiro atoms. The molecule has 0 bridgehead atoms. The van der Waals surface area contributed by atoms with Crippen molar-refractivity contribution in [3.05, 3.63) is 42.0 Å². The van der Waals surface area contributed by atoms with Gasteiger partial charge in [0.2, 0.25) is 0 Å². The van der Waals surface area contributed by atoms with Gasteiger partial charge in [-0.05, 0) is 56.0 Å². The zero-order valence-corrected chi connectivity index (χ0v) is 17.7. The van der Waals surface area contributed by atoms with Crippen molar-refractivity contribution in [2.45, 2.75) is 44.0 Å². The summed E-state index contributed by atoms with van der Waals surface area (Å²) in [6.45, 7) is -0.0161. The highest BCUT2D eigenvalue weighted by molar-refractivity contribution is 5.94. The molecule has 0 amide bonds. The first-order valence-electron chi connectivity index (χ1n) is 9.85. The molecule has 3 unspecified atom stereocenters. The van der Waals surface area contributed by atoms with Gasteiger partial charge in [-0.25, -0.2) is 4.79 Å². The Kier molecular flexibility index (Phi) is 10.5. The van der Waals surface area contributed by atoms with Crippen molar-refractivity contribution in [2.75, 3.05) is 34.9 Å². The van der Waals surface area contributed by atoms with E-state index in [1.54, 1.807) is 37.5 Å². The molecule has 8 heteroatoms. The number of carbonyl (C=O) groups is 2. The Hall–Kier alpha value is -2.26. The summed E-state index contributed by atoms with van der Waals surface area (Å²) in [5.41, 5.74) is 0.451. The van der Waals surface area contributed by atoms with Crippen LogP contribution in [-0.2, 0) is 28.5 Å². The minimum atomic E-state index is -0.826. The van der Waals surface area contributed by atoms with E-state index < -0.39 is 18.2 Å². The maximum atomic E-state index is 12.5. The van der Waals surface area contributed by atoms with Crippen LogP contribution in [0.4, 0.5) is 0 Å². The fourth-order valence-electron chi connectivity index (χ4n) is 3.13. The van der Waals surface area contributed by atoms with Crippen LogP contribution in [0, 0.1) is 0 Å². The molecule has 0 aliphatic heterocycles. The Morgan fingerprint density at radius 3 is 2.33 bits per heavy atom. The Balaban J connectivity index is 2.08. The van der Waals surface area contributed by atoms with E-state index in [9.17, 15) is 9.59 Å². The number of rotatable bonds is 9. The molecule has 0 radical (unpaired) electrons. The van der Waals surface area contributed by atoms with E-state index in [1.807, 2.05) is 0 Å². The van der Waals surface area contributed by atoms with Crippen molar-refractivity contribution in [1.82, 2.24) is 0 Å². The normalized spacial score (nSPS) is 23.6. The van der Waals surface area contributed by atoms with Gasteiger partial charge in [-0.1, -0.05) is 6.08 Å². The number of benzene rings is 1. The molecule has 3 atom stereocenters. The van der Waals surface area contributed by atoms with Gasteiger partial charge in [-0.2, -0.15) is 0 Å². The second-order valence-corrected chi connectivity index (χ2v) is 6.82. The van der Waals surface area contributed by atoms with Crippen molar-refractivity contribution in [2.24, 2.45) is 0 Å². The number of allylic oxidation sites excluding steroid dienone is 1. The highest BCUT2D eigenvalue weighted by Gasteiger charge is 2.31. The molecule has 1 aromatic carbocycles. The second-order valence-electron chi connectivity index (χ2n) is 6.82. The number of hydrogen-bond donors (Lipinski definition) is 0. The third-order valence-corrected chi connectivity index (χ3v) is 4.69. The summed E-state index contributed by atoms with van der Waals surface area (Å²) in [6, 6.07) is 6.76. The number of hydrogen-bond acceptors (Lipinski definition) is 8. The maximum Gasteiger partial charge on any atom is 0.338 e. The average Bonchev–Trinajstić information content (AvgIpc) is 2.77. The Morgan fingerprint density at radius 2 is 1.67 bits per heavy atom. The molecule has 30 heavy (non-hydrogen) atoms. The molecule has 0 saturated heterocycles. The van der Waals surface area contributed by atoms with Gasteiger partial charge in [0, 0.05) is 14.2 Å². The predicted molar refractivity (Wildman–Crippen MR) is 108 cm³/mol. The lowest BCUT2D eigenvalue weighted by atomic mass is 9.97. The minimum Gasteiger partial charge on any atom is -0.497 e. The van der Waals surface area contributed by atoms with Gasteiger partial charge >= 0.3 is 5.97 Å². The van der Waals surface area contributed by atoms with Gasteiger partial charge in [0.05, 0.1) is 18.8 Å². The van der Waals surface area contributed by atoms with Gasteiger partial charge in [0.25, 0.3) is 0 Å². The number of esters is 1. The van der Waals surface area contributed by atoms with Crippen LogP contribution in [0.3, 0.4) is 0 Å². The Morgan fingerprint density at radius 1 is 0.967 bits per heavy atom. The summed E-state index contributed by atoms with van der Waals surface area (Å²) in [6.07, 6.45) is 3.72. The van der Waals surface area contributed by atoms with Gasteiger partial charge in [0.1, 0.15) is 31.5 Å². The first-order valence-corrected chi connectivity index (χ1v) is 9.85. The lowest BCUT2D eigenvalue weighted by Crippen LogP contribution is -2.39. The lowest BCUT2D eigenvalue weighted by Gasteiger charge is -2.27. The third-order valence-electron chi connectivity index (χ3n) is 4.69. The Labute approximate surface area is 177 Å². The standard InChI is InChI=1S/C22H30O8/c1-25-14-28-20-13-12-18(6-4-5-7-19(23)21(20)29-15-26-2)30-22(24)16-8-10-17(27-3)11-9-16/h5,7-11,18,20-21H,4,6,12-15H2,1-3H3/b7-5+. The maximum absolute atomic E-state index is 12.5. The number of methoxy groups -OCH3 is 3. The molecule has 0 aromatic heterocycles. The van der Waals surface area contributed by atoms with Crippen LogP contribution >= 0.6 is 0 Å². The number of ketones is 1. The fraction of sp³-hybridized carbons (Fsp3) is 0.545. The Bertz CT molecular complexity index is 685. The number of carbonyl (C=O) groups excluding carboxylic acids is 2. The van der Waals surface area contributed by atoms with Crippen molar-refractivity contribution in [3.63, 3.8) is 0 Å². The van der Waals surface area contributed by atoms with Gasteiger partial charge in [-0.15, -0.1) is 0 Å². The van der Waals surface area contributed by atoms with Crippen molar-refractivity contribution < 1.29 is 38.0 Å². The molecule has 1 aliphatic carbocycles. The second kappa shape index (κ2) is 13.1. The fourth-order valence-corrected chi connectivity index (χ4v) is 3.13. The molecule has 1 aliphatic rings. The smallest absolute Gasteiger partial charge is 0.338 e. The van der Waals surface area contributed by atoms with Crippen LogP contribution in [0.5, 0.6) is 5.75 Å². The molecule has 8 nitrogen and oxygen atoms in total. The zero-order chi connectivity index (χ0) is 21.8. The van der Waals surface area contributed by atoms with Crippen LogP contribution in [0.1, 0.15) is 36.0 Å². The van der Waals surface area contributed by atoms with Crippen LogP contribution in [0.25, 0.3) is 0 Å². The minimum absolute atomic E-state index is 0.0187. The quantitative estimate of drug-likeness (QED) is 0.443. The first-order chi connectivity index (χ1) is 14.6. The van der Waals surface area contributed by atoms with Crippen LogP contribution in [-0.4, -0.2) is 65.0 Å². The van der Waals surface area contributed by atoms with E-state index >= 15 is 0 Å². The van der Waals surface area contributed by atoms with Crippen molar-refractivity contribution in [1.29, 1.82) is 0 Å². The van der Waals surface area contributed by atoms with Crippen molar-refractivity contribution >= 4 is 11.8 Å². The van der Waals surface area contributed by atoms with Crippen LogP contribution in [0.15, 0.2) is 36.4 Å². The SMILES string of the molecule is COCOC1CCC(OC(=O)c2ccc(OC)cc2)CC/C=C/C(=O)C1OCOC. The lowest BCUT2D eigenvalue weighted by molar-refractivity contribution is -0.169. The topological polar surface area (TPSA) is 89.5 Å². The monoisotopic (exact) mass is 422 g/mol. The molecule has 1 aromatic rings. The molecule has 0 N–H and O–H groups in total. The molecule has 166 valence electrons. The summed E-state index contributed by atoms with van der Waals surface area (Å²) < 4.78 is 32.1. The molecule has 0 fully saturated rings.